The molecule has 2 N–H and O–H groups in total. The van der Waals surface area contributed by atoms with Gasteiger partial charge in [-0.05, 0) is 44.5 Å². The number of rotatable bonds is 10. The van der Waals surface area contributed by atoms with Gasteiger partial charge in [0.2, 0.25) is 0 Å². The molecule has 0 aliphatic heterocycles. The Hall–Kier alpha value is -2.00. The van der Waals surface area contributed by atoms with Gasteiger partial charge in [-0.3, -0.25) is 0 Å². The molecule has 0 spiro atoms. The van der Waals surface area contributed by atoms with Crippen LogP contribution in [0.25, 0.3) is 0 Å². The molecule has 4 nitrogen and oxygen atoms in total. The van der Waals surface area contributed by atoms with Gasteiger partial charge >= 0.3 is 6.18 Å². The van der Waals surface area contributed by atoms with Gasteiger partial charge in [-0.1, -0.05) is 38.7 Å². The quantitative estimate of drug-likeness (QED) is 0.277. The fraction of sp³-hybridized carbons (Fsp3) is 0.591. The first-order chi connectivity index (χ1) is 14.6. The standard InChI is InChI=1S/C18H25F5N2O.C2H4O.C2H6/c1-4-26-12(2)16(24-3)9-8-13(10-25-11-18(21,22)23)14-6-5-7-15(19)17(14)20;1-2-3;1-2/h5-8,15-17,24-25H,2,4,9-11H2,1,3H3;2H,1H3;1-2H3/b13-8+;;. The fourth-order valence-corrected chi connectivity index (χ4v) is 2.50. The van der Waals surface area contributed by atoms with Crippen LogP contribution in [0.5, 0.6) is 0 Å². The number of alkyl halides is 5. The van der Waals surface area contributed by atoms with Crippen LogP contribution in [0.2, 0.25) is 0 Å². The second-order valence-corrected chi connectivity index (χ2v) is 6.01. The normalized spacial score (nSPS) is 19.2. The van der Waals surface area contributed by atoms with E-state index >= 15 is 0 Å². The number of hydrogen-bond donors (Lipinski definition) is 2. The Morgan fingerprint density at radius 3 is 2.39 bits per heavy atom. The maximum absolute atomic E-state index is 14.2. The maximum atomic E-state index is 14.2. The average molecular weight is 455 g/mol. The number of ether oxygens (including phenoxy) is 1. The fourth-order valence-electron chi connectivity index (χ4n) is 2.50. The van der Waals surface area contributed by atoms with E-state index < -0.39 is 25.1 Å². The molecule has 0 saturated carbocycles. The minimum absolute atomic E-state index is 0.0338. The number of halogens is 5. The molecule has 1 rings (SSSR count). The Morgan fingerprint density at radius 2 is 1.90 bits per heavy atom. The number of allylic oxidation sites excluding steroid dienone is 3. The van der Waals surface area contributed by atoms with E-state index in [9.17, 15) is 22.0 Å². The number of hydrogen-bond acceptors (Lipinski definition) is 4. The van der Waals surface area contributed by atoms with Gasteiger partial charge in [0.1, 0.15) is 12.0 Å². The summed E-state index contributed by atoms with van der Waals surface area (Å²) in [6.07, 6.45) is -1.66. The largest absolute Gasteiger partial charge is 0.497 e. The van der Waals surface area contributed by atoms with Crippen molar-refractivity contribution in [2.24, 2.45) is 0 Å². The van der Waals surface area contributed by atoms with Gasteiger partial charge in [0.25, 0.3) is 0 Å². The third kappa shape index (κ3) is 13.8. The first-order valence-electron chi connectivity index (χ1n) is 10.1. The lowest BCUT2D eigenvalue weighted by atomic mass is 9.93. The molecule has 9 heteroatoms. The van der Waals surface area contributed by atoms with Crippen molar-refractivity contribution >= 4 is 6.29 Å². The molecular weight excluding hydrogens is 419 g/mol. The number of aldehydes is 1. The first kappa shape index (κ1) is 31.2. The Bertz CT molecular complexity index is 601. The van der Waals surface area contributed by atoms with Crippen LogP contribution in [0.1, 0.15) is 34.1 Å². The van der Waals surface area contributed by atoms with E-state index in [2.05, 4.69) is 17.2 Å². The molecule has 31 heavy (non-hydrogen) atoms. The predicted molar refractivity (Wildman–Crippen MR) is 115 cm³/mol. The molecule has 0 aromatic heterocycles. The third-order valence-electron chi connectivity index (χ3n) is 3.83. The molecule has 0 saturated heterocycles. The van der Waals surface area contributed by atoms with Gasteiger partial charge in [-0.25, -0.2) is 8.78 Å². The Balaban J connectivity index is 0. The van der Waals surface area contributed by atoms with Crippen LogP contribution < -0.4 is 10.6 Å². The average Bonchev–Trinajstić information content (AvgIpc) is 2.71. The molecule has 0 bridgehead atoms. The Labute approximate surface area is 182 Å². The lowest BCUT2D eigenvalue weighted by Gasteiger charge is -2.23. The smallest absolute Gasteiger partial charge is 0.401 e. The third-order valence-corrected chi connectivity index (χ3v) is 3.83. The molecule has 3 atom stereocenters. The summed E-state index contributed by atoms with van der Waals surface area (Å²) < 4.78 is 70.2. The van der Waals surface area contributed by atoms with E-state index in [1.165, 1.54) is 19.1 Å². The van der Waals surface area contributed by atoms with Gasteiger partial charge in [0, 0.05) is 6.54 Å². The van der Waals surface area contributed by atoms with E-state index in [1.54, 1.807) is 20.0 Å². The summed E-state index contributed by atoms with van der Waals surface area (Å²) >= 11 is 0. The minimum atomic E-state index is -4.39. The molecule has 1 aliphatic rings. The van der Waals surface area contributed by atoms with Crippen LogP contribution in [0, 0.1) is 0 Å². The van der Waals surface area contributed by atoms with Gasteiger partial charge in [-0.15, -0.1) is 0 Å². The Kier molecular flexibility index (Phi) is 17.8. The summed E-state index contributed by atoms with van der Waals surface area (Å²) in [7, 11) is 1.68. The monoisotopic (exact) mass is 454 g/mol. The van der Waals surface area contributed by atoms with Crippen molar-refractivity contribution in [3.63, 3.8) is 0 Å². The predicted octanol–water partition coefficient (Wildman–Crippen LogP) is 5.00. The van der Waals surface area contributed by atoms with Crippen LogP contribution in [-0.2, 0) is 9.53 Å². The van der Waals surface area contributed by atoms with Crippen molar-refractivity contribution < 1.29 is 31.5 Å². The minimum Gasteiger partial charge on any atom is -0.497 e. The second-order valence-electron chi connectivity index (χ2n) is 6.01. The zero-order chi connectivity index (χ0) is 24.4. The van der Waals surface area contributed by atoms with Gasteiger partial charge in [0.05, 0.1) is 19.2 Å². The van der Waals surface area contributed by atoms with E-state index in [0.29, 0.717) is 18.8 Å². The van der Waals surface area contributed by atoms with Crippen molar-refractivity contribution in [2.75, 3.05) is 26.7 Å². The molecule has 0 aromatic carbocycles. The van der Waals surface area contributed by atoms with E-state index in [-0.39, 0.29) is 23.7 Å². The lowest BCUT2D eigenvalue weighted by Crippen LogP contribution is -2.33. The van der Waals surface area contributed by atoms with Crippen LogP contribution in [-0.4, -0.2) is 57.6 Å². The highest BCUT2D eigenvalue weighted by Crippen LogP contribution is 2.27. The number of nitrogens with one attached hydrogen (secondary N) is 2. The highest BCUT2D eigenvalue weighted by molar-refractivity contribution is 5.44. The van der Waals surface area contributed by atoms with E-state index in [1.807, 2.05) is 13.8 Å². The van der Waals surface area contributed by atoms with Crippen molar-refractivity contribution in [1.29, 1.82) is 0 Å². The molecule has 180 valence electrons. The Morgan fingerprint density at radius 1 is 1.32 bits per heavy atom. The van der Waals surface area contributed by atoms with Crippen molar-refractivity contribution in [3.8, 4) is 0 Å². The molecule has 0 aromatic rings. The zero-order valence-electron chi connectivity index (χ0n) is 18.9. The molecule has 1 aliphatic carbocycles. The summed E-state index contributed by atoms with van der Waals surface area (Å²) in [6, 6.07) is -0.300. The molecule has 3 unspecified atom stereocenters. The summed E-state index contributed by atoms with van der Waals surface area (Å²) in [6.45, 7) is 10.0. The van der Waals surface area contributed by atoms with E-state index in [4.69, 9.17) is 9.53 Å². The van der Waals surface area contributed by atoms with Crippen LogP contribution in [0.4, 0.5) is 22.0 Å². The van der Waals surface area contributed by atoms with Gasteiger partial charge < -0.3 is 20.2 Å². The van der Waals surface area contributed by atoms with Crippen LogP contribution in [0.3, 0.4) is 0 Å². The van der Waals surface area contributed by atoms with Crippen molar-refractivity contribution in [2.45, 2.75) is 58.7 Å². The van der Waals surface area contributed by atoms with Crippen molar-refractivity contribution in [3.05, 3.63) is 47.8 Å². The lowest BCUT2D eigenvalue weighted by molar-refractivity contribution is -0.124. The molecule has 0 radical (unpaired) electrons. The van der Waals surface area contributed by atoms with Gasteiger partial charge in [-0.2, -0.15) is 13.2 Å². The number of likely N-dealkylation sites (N-methyl/N-ethyl adjacent to an activating group) is 1. The SMILES string of the molecule is C=C(OCC)C(C/C=C(\CNCC(F)(F)F)C1=CC=CC(F)C1F)NC.CC.CC=O. The summed E-state index contributed by atoms with van der Waals surface area (Å²) in [5, 5.41) is 5.21. The second kappa shape index (κ2) is 17.7. The summed E-state index contributed by atoms with van der Waals surface area (Å²) in [5.41, 5.74) is 0.310. The maximum Gasteiger partial charge on any atom is 0.401 e. The topological polar surface area (TPSA) is 50.4 Å². The highest BCUT2D eigenvalue weighted by atomic mass is 19.4. The van der Waals surface area contributed by atoms with Crippen LogP contribution >= 0.6 is 0 Å². The van der Waals surface area contributed by atoms with Crippen LogP contribution in [0.15, 0.2) is 47.8 Å². The zero-order valence-corrected chi connectivity index (χ0v) is 18.9. The molecular formula is C22H35F5N2O2. The molecule has 0 fully saturated rings. The number of carbonyl (C=O) groups excluding carboxylic acids is 1. The highest BCUT2D eigenvalue weighted by Gasteiger charge is 2.29. The van der Waals surface area contributed by atoms with E-state index in [0.717, 1.165) is 12.4 Å². The molecule has 0 heterocycles. The van der Waals surface area contributed by atoms with Gasteiger partial charge in [0.15, 0.2) is 12.3 Å². The van der Waals surface area contributed by atoms with Crippen molar-refractivity contribution in [1.82, 2.24) is 10.6 Å². The summed E-state index contributed by atoms with van der Waals surface area (Å²) in [4.78, 5) is 8.81. The first-order valence-corrected chi connectivity index (χ1v) is 10.1. The summed E-state index contributed by atoms with van der Waals surface area (Å²) in [5.74, 6) is 0.464. The number of carbonyl (C=O) groups is 1. The molecule has 0 amide bonds.